The van der Waals surface area contributed by atoms with Crippen molar-refractivity contribution in [2.75, 3.05) is 0 Å². The summed E-state index contributed by atoms with van der Waals surface area (Å²) in [5, 5.41) is 9.71. The van der Waals surface area contributed by atoms with Crippen molar-refractivity contribution >= 4 is 28.9 Å². The van der Waals surface area contributed by atoms with Crippen LogP contribution in [0.1, 0.15) is 5.56 Å². The lowest BCUT2D eigenvalue weighted by atomic mass is 10.0. The lowest BCUT2D eigenvalue weighted by Gasteiger charge is -2.07. The Morgan fingerprint density at radius 1 is 1.00 bits per heavy atom. The van der Waals surface area contributed by atoms with Gasteiger partial charge >= 0.3 is 0 Å². The van der Waals surface area contributed by atoms with Gasteiger partial charge in [0.05, 0.1) is 18.2 Å². The van der Waals surface area contributed by atoms with Crippen molar-refractivity contribution in [2.24, 2.45) is 0 Å². The van der Waals surface area contributed by atoms with E-state index in [9.17, 15) is 0 Å². The summed E-state index contributed by atoms with van der Waals surface area (Å²) in [5.74, 6) is 0. The van der Waals surface area contributed by atoms with Crippen LogP contribution in [0.15, 0.2) is 36.4 Å². The normalized spacial score (nSPS) is 9.56. The Morgan fingerprint density at radius 3 is 2.11 bits per heavy atom. The molecule has 18 heavy (non-hydrogen) atoms. The quantitative estimate of drug-likeness (QED) is 0.665. The van der Waals surface area contributed by atoms with E-state index in [1.54, 1.807) is 36.4 Å². The number of halogens is 2. The predicted octanol–water partition coefficient (Wildman–Crippen LogP) is 5.08. The van der Waals surface area contributed by atoms with Gasteiger partial charge in [0.25, 0.3) is 0 Å². The van der Waals surface area contributed by atoms with Crippen molar-refractivity contribution in [1.29, 1.82) is 5.26 Å². The van der Waals surface area contributed by atoms with E-state index in [0.717, 1.165) is 11.1 Å². The fourth-order valence-corrected chi connectivity index (χ4v) is 2.15. The highest BCUT2D eigenvalue weighted by molar-refractivity contribution is 6.36. The Kier molecular flexibility index (Phi) is 3.53. The van der Waals surface area contributed by atoms with E-state index < -0.39 is 0 Å². The molecule has 0 unspecified atom stereocenters. The van der Waals surface area contributed by atoms with Crippen molar-refractivity contribution < 1.29 is 0 Å². The van der Waals surface area contributed by atoms with Gasteiger partial charge in [0.2, 0.25) is 0 Å². The predicted molar refractivity (Wildman–Crippen MR) is 72.9 cm³/mol. The number of benzene rings is 2. The molecule has 0 N–H and O–H groups in total. The first-order valence-electron chi connectivity index (χ1n) is 5.02. The molecule has 0 aliphatic heterocycles. The molecule has 0 atom stereocenters. The molecule has 86 valence electrons. The number of hydrogen-bond acceptors (Lipinski definition) is 1. The first-order chi connectivity index (χ1) is 8.65. The van der Waals surface area contributed by atoms with Gasteiger partial charge in [0.15, 0.2) is 5.69 Å². The molecule has 0 aliphatic rings. The van der Waals surface area contributed by atoms with Crippen LogP contribution < -0.4 is 0 Å². The first kappa shape index (κ1) is 12.5. The maximum Gasteiger partial charge on any atom is 0.188 e. The van der Waals surface area contributed by atoms with Gasteiger partial charge in [0.1, 0.15) is 0 Å². The van der Waals surface area contributed by atoms with E-state index in [1.165, 1.54) is 0 Å². The van der Waals surface area contributed by atoms with Gasteiger partial charge in [-0.2, -0.15) is 5.26 Å². The minimum atomic E-state index is 0.464. The van der Waals surface area contributed by atoms with E-state index in [-0.39, 0.29) is 0 Å². The van der Waals surface area contributed by atoms with Gasteiger partial charge < -0.3 is 0 Å². The third-order valence-electron chi connectivity index (χ3n) is 2.47. The highest BCUT2D eigenvalue weighted by atomic mass is 35.5. The van der Waals surface area contributed by atoms with E-state index >= 15 is 0 Å². The molecule has 0 saturated carbocycles. The van der Waals surface area contributed by atoms with E-state index in [4.69, 9.17) is 35.0 Å². The molecule has 0 aliphatic carbocycles. The van der Waals surface area contributed by atoms with Crippen LogP contribution in [0, 0.1) is 17.9 Å². The lowest BCUT2D eigenvalue weighted by Crippen LogP contribution is -1.83. The monoisotopic (exact) mass is 272 g/mol. The summed E-state index contributed by atoms with van der Waals surface area (Å²) in [6.07, 6.45) is 0. The van der Waals surface area contributed by atoms with Crippen LogP contribution in [0.25, 0.3) is 16.0 Å². The van der Waals surface area contributed by atoms with Crippen molar-refractivity contribution in [3.63, 3.8) is 0 Å². The molecule has 2 aromatic carbocycles. The number of nitriles is 1. The van der Waals surface area contributed by atoms with Crippen LogP contribution in [0.5, 0.6) is 0 Å². The van der Waals surface area contributed by atoms with Crippen LogP contribution in [-0.4, -0.2) is 0 Å². The van der Waals surface area contributed by atoms with Crippen LogP contribution >= 0.6 is 23.2 Å². The maximum absolute atomic E-state index is 8.78. The Labute approximate surface area is 115 Å². The molecule has 2 aromatic rings. The molecule has 0 bridgehead atoms. The number of hydrogen-bond donors (Lipinski definition) is 0. The third-order valence-corrected chi connectivity index (χ3v) is 3.10. The first-order valence-corrected chi connectivity index (χ1v) is 5.78. The zero-order valence-corrected chi connectivity index (χ0v) is 10.6. The second-order valence-corrected chi connectivity index (χ2v) is 4.40. The average Bonchev–Trinajstić information content (AvgIpc) is 2.39. The molecule has 4 heteroatoms. The largest absolute Gasteiger partial charge is 0.238 e. The highest BCUT2D eigenvalue weighted by Crippen LogP contribution is 2.35. The Balaban J connectivity index is 2.57. The van der Waals surface area contributed by atoms with E-state index in [0.29, 0.717) is 21.3 Å². The van der Waals surface area contributed by atoms with Gasteiger partial charge in [-0.05, 0) is 23.8 Å². The van der Waals surface area contributed by atoms with Crippen LogP contribution in [0.4, 0.5) is 5.69 Å². The Bertz CT molecular complexity index is 632. The smallest absolute Gasteiger partial charge is 0.188 e. The van der Waals surface area contributed by atoms with Gasteiger partial charge in [-0.15, -0.1) is 0 Å². The third kappa shape index (κ3) is 2.31. The summed E-state index contributed by atoms with van der Waals surface area (Å²) in [5.41, 5.74) is 2.47. The maximum atomic E-state index is 8.78. The van der Waals surface area contributed by atoms with Gasteiger partial charge in [-0.3, -0.25) is 0 Å². The molecule has 0 heterocycles. The molecule has 2 nitrogen and oxygen atoms in total. The molecular weight excluding hydrogens is 267 g/mol. The Morgan fingerprint density at radius 2 is 1.61 bits per heavy atom. The van der Waals surface area contributed by atoms with Crippen molar-refractivity contribution in [2.45, 2.75) is 0 Å². The summed E-state index contributed by atoms with van der Waals surface area (Å²) in [4.78, 5) is 3.31. The van der Waals surface area contributed by atoms with Crippen LogP contribution in [-0.2, 0) is 0 Å². The second-order valence-electron chi connectivity index (χ2n) is 3.58. The standard InChI is InChI=1S/C14H6Cl2N2/c1-18-10-3-5-12(14(16)7-10)11-4-2-9(8-17)6-13(11)15/h2-7H. The highest BCUT2D eigenvalue weighted by Gasteiger charge is 2.09. The van der Waals surface area contributed by atoms with Crippen LogP contribution in [0.2, 0.25) is 10.0 Å². The average molecular weight is 273 g/mol. The van der Waals surface area contributed by atoms with Crippen molar-refractivity contribution in [3.8, 4) is 17.2 Å². The van der Waals surface area contributed by atoms with Crippen molar-refractivity contribution in [1.82, 2.24) is 0 Å². The summed E-state index contributed by atoms with van der Waals surface area (Å²) >= 11 is 12.2. The topological polar surface area (TPSA) is 28.1 Å². The second kappa shape index (κ2) is 5.10. The van der Waals surface area contributed by atoms with Crippen molar-refractivity contribution in [3.05, 3.63) is 63.4 Å². The molecule has 2 rings (SSSR count). The zero-order chi connectivity index (χ0) is 13.1. The molecule has 0 amide bonds. The minimum Gasteiger partial charge on any atom is -0.238 e. The minimum absolute atomic E-state index is 0.464. The van der Waals surface area contributed by atoms with Crippen LogP contribution in [0.3, 0.4) is 0 Å². The summed E-state index contributed by atoms with van der Waals surface area (Å²) in [6.45, 7) is 6.92. The molecular formula is C14H6Cl2N2. The van der Waals surface area contributed by atoms with E-state index in [2.05, 4.69) is 4.85 Å². The van der Waals surface area contributed by atoms with Gasteiger partial charge in [-0.25, -0.2) is 4.85 Å². The number of nitrogens with zero attached hydrogens (tertiary/aromatic N) is 2. The zero-order valence-electron chi connectivity index (χ0n) is 9.11. The lowest BCUT2D eigenvalue weighted by molar-refractivity contribution is 1.48. The molecule has 0 radical (unpaired) electrons. The molecule has 0 aromatic heterocycles. The fourth-order valence-electron chi connectivity index (χ4n) is 1.60. The molecule has 0 saturated heterocycles. The Hall–Kier alpha value is -2.00. The fraction of sp³-hybridized carbons (Fsp3) is 0. The SMILES string of the molecule is [C-]#[N+]c1ccc(-c2ccc(C#N)cc2Cl)c(Cl)c1. The van der Waals surface area contributed by atoms with E-state index in [1.807, 2.05) is 6.07 Å². The van der Waals surface area contributed by atoms with Gasteiger partial charge in [0, 0.05) is 15.6 Å². The summed E-state index contributed by atoms with van der Waals surface area (Å²) in [6, 6.07) is 12.1. The summed E-state index contributed by atoms with van der Waals surface area (Å²) in [7, 11) is 0. The molecule has 0 fully saturated rings. The summed E-state index contributed by atoms with van der Waals surface area (Å²) < 4.78 is 0. The molecule has 0 spiro atoms. The number of rotatable bonds is 1. The van der Waals surface area contributed by atoms with Gasteiger partial charge in [-0.1, -0.05) is 41.4 Å².